The molecule has 20 heavy (non-hydrogen) atoms. The van der Waals surface area contributed by atoms with Gasteiger partial charge in [0.05, 0.1) is 6.42 Å². The van der Waals surface area contributed by atoms with Crippen molar-refractivity contribution in [3.63, 3.8) is 0 Å². The van der Waals surface area contributed by atoms with Crippen LogP contribution in [0.1, 0.15) is 30.9 Å². The van der Waals surface area contributed by atoms with Crippen molar-refractivity contribution in [2.45, 2.75) is 33.1 Å². The molecule has 0 aromatic heterocycles. The van der Waals surface area contributed by atoms with E-state index in [1.165, 1.54) is 5.56 Å². The summed E-state index contributed by atoms with van der Waals surface area (Å²) in [6, 6.07) is 8.18. The molecule has 1 heterocycles. The molecule has 0 spiro atoms. The molecule has 3 heteroatoms. The number of benzene rings is 1. The summed E-state index contributed by atoms with van der Waals surface area (Å²) in [4.78, 5) is 14.2. The first-order valence-electron chi connectivity index (χ1n) is 7.36. The maximum Gasteiger partial charge on any atom is 0.226 e. The van der Waals surface area contributed by atoms with E-state index in [0.29, 0.717) is 6.42 Å². The second kappa shape index (κ2) is 6.40. The molecule has 1 aliphatic heterocycles. The number of carbonyl (C=O) groups is 1. The van der Waals surface area contributed by atoms with Gasteiger partial charge in [-0.1, -0.05) is 36.8 Å². The van der Waals surface area contributed by atoms with E-state index >= 15 is 0 Å². The van der Waals surface area contributed by atoms with Crippen LogP contribution < -0.4 is 0 Å². The summed E-state index contributed by atoms with van der Waals surface area (Å²) in [7, 11) is 1.92. The number of nitrogens with zero attached hydrogens (tertiary/aromatic N) is 1. The van der Waals surface area contributed by atoms with Crippen molar-refractivity contribution in [2.75, 3.05) is 26.8 Å². The van der Waals surface area contributed by atoms with Crippen molar-refractivity contribution in [3.05, 3.63) is 35.4 Å². The van der Waals surface area contributed by atoms with Crippen LogP contribution in [0.4, 0.5) is 0 Å². The Kier molecular flexibility index (Phi) is 4.81. The van der Waals surface area contributed by atoms with Crippen molar-refractivity contribution in [2.24, 2.45) is 5.41 Å². The highest BCUT2D eigenvalue weighted by molar-refractivity contribution is 5.78. The van der Waals surface area contributed by atoms with Crippen LogP contribution in [0.15, 0.2) is 24.3 Å². The maximum atomic E-state index is 12.3. The van der Waals surface area contributed by atoms with Crippen molar-refractivity contribution in [3.8, 4) is 0 Å². The first kappa shape index (κ1) is 15.0. The average molecular weight is 275 g/mol. The van der Waals surface area contributed by atoms with E-state index in [9.17, 15) is 4.79 Å². The highest BCUT2D eigenvalue weighted by atomic mass is 16.5. The Morgan fingerprint density at radius 1 is 1.35 bits per heavy atom. The first-order valence-corrected chi connectivity index (χ1v) is 7.36. The van der Waals surface area contributed by atoms with E-state index in [2.05, 4.69) is 26.0 Å². The standard InChI is InChI=1S/C17H25NO2/c1-14-5-4-6-15(11-14)12-16(19)18(3)13-17(2)7-9-20-10-8-17/h4-6,11H,7-10,12-13H2,1-3H3. The van der Waals surface area contributed by atoms with E-state index < -0.39 is 0 Å². The zero-order chi connectivity index (χ0) is 14.6. The molecule has 1 amide bonds. The summed E-state index contributed by atoms with van der Waals surface area (Å²) >= 11 is 0. The highest BCUT2D eigenvalue weighted by Gasteiger charge is 2.29. The second-order valence-corrected chi connectivity index (χ2v) is 6.34. The Labute approximate surface area is 121 Å². The molecule has 3 nitrogen and oxygen atoms in total. The lowest BCUT2D eigenvalue weighted by Crippen LogP contribution is -2.41. The van der Waals surface area contributed by atoms with Crippen LogP contribution in [-0.4, -0.2) is 37.6 Å². The summed E-state index contributed by atoms with van der Waals surface area (Å²) < 4.78 is 5.41. The molecule has 0 atom stereocenters. The van der Waals surface area contributed by atoms with Crippen molar-refractivity contribution in [1.29, 1.82) is 0 Å². The fourth-order valence-electron chi connectivity index (χ4n) is 2.81. The number of hydrogen-bond acceptors (Lipinski definition) is 2. The molecule has 1 saturated heterocycles. The fraction of sp³-hybridized carbons (Fsp3) is 0.588. The molecular formula is C17H25NO2. The molecule has 1 fully saturated rings. The van der Waals surface area contributed by atoms with Crippen LogP contribution in [0.3, 0.4) is 0 Å². The minimum Gasteiger partial charge on any atom is -0.381 e. The van der Waals surface area contributed by atoms with Crippen LogP contribution in [0, 0.1) is 12.3 Å². The molecule has 1 aliphatic rings. The topological polar surface area (TPSA) is 29.5 Å². The summed E-state index contributed by atoms with van der Waals surface area (Å²) in [5, 5.41) is 0. The van der Waals surface area contributed by atoms with Crippen LogP contribution in [-0.2, 0) is 16.0 Å². The summed E-state index contributed by atoms with van der Waals surface area (Å²) in [5.41, 5.74) is 2.50. The van der Waals surface area contributed by atoms with E-state index in [4.69, 9.17) is 4.74 Å². The molecule has 0 N–H and O–H groups in total. The average Bonchev–Trinajstić information content (AvgIpc) is 2.39. The lowest BCUT2D eigenvalue weighted by Gasteiger charge is -2.36. The van der Waals surface area contributed by atoms with Gasteiger partial charge < -0.3 is 9.64 Å². The Bertz CT molecular complexity index is 464. The first-order chi connectivity index (χ1) is 9.48. The molecule has 0 unspecified atom stereocenters. The third-order valence-corrected chi connectivity index (χ3v) is 4.18. The fourth-order valence-corrected chi connectivity index (χ4v) is 2.81. The zero-order valence-electron chi connectivity index (χ0n) is 12.8. The number of aryl methyl sites for hydroxylation is 1. The SMILES string of the molecule is Cc1cccc(CC(=O)N(C)CC2(C)CCOCC2)c1. The van der Waals surface area contributed by atoms with Crippen LogP contribution in [0.25, 0.3) is 0 Å². The lowest BCUT2D eigenvalue weighted by atomic mass is 9.82. The van der Waals surface area contributed by atoms with Crippen molar-refractivity contribution < 1.29 is 9.53 Å². The molecule has 0 radical (unpaired) electrons. The van der Waals surface area contributed by atoms with Gasteiger partial charge in [0.15, 0.2) is 0 Å². The minimum absolute atomic E-state index is 0.198. The zero-order valence-corrected chi connectivity index (χ0v) is 12.8. The number of carbonyl (C=O) groups excluding carboxylic acids is 1. The van der Waals surface area contributed by atoms with Crippen LogP contribution >= 0.6 is 0 Å². The summed E-state index contributed by atoms with van der Waals surface area (Å²) in [6.07, 6.45) is 2.56. The number of likely N-dealkylation sites (N-methyl/N-ethyl adjacent to an activating group) is 1. The molecule has 0 saturated carbocycles. The summed E-state index contributed by atoms with van der Waals surface area (Å²) in [6.45, 7) is 6.76. The van der Waals surface area contributed by atoms with Gasteiger partial charge in [-0.3, -0.25) is 4.79 Å². The van der Waals surface area contributed by atoms with Gasteiger partial charge in [0.2, 0.25) is 5.91 Å². The molecular weight excluding hydrogens is 250 g/mol. The molecule has 2 rings (SSSR count). The van der Waals surface area contributed by atoms with Gasteiger partial charge in [-0.25, -0.2) is 0 Å². The van der Waals surface area contributed by atoms with Gasteiger partial charge in [0.25, 0.3) is 0 Å². The molecule has 1 aromatic rings. The van der Waals surface area contributed by atoms with Gasteiger partial charge in [0, 0.05) is 26.8 Å². The molecule has 0 aliphatic carbocycles. The maximum absolute atomic E-state index is 12.3. The van der Waals surface area contributed by atoms with Crippen LogP contribution in [0.5, 0.6) is 0 Å². The summed E-state index contributed by atoms with van der Waals surface area (Å²) in [5.74, 6) is 0.198. The van der Waals surface area contributed by atoms with Crippen molar-refractivity contribution in [1.82, 2.24) is 4.90 Å². The monoisotopic (exact) mass is 275 g/mol. The van der Waals surface area contributed by atoms with Gasteiger partial charge in [-0.05, 0) is 30.7 Å². The van der Waals surface area contributed by atoms with E-state index in [1.807, 2.05) is 24.1 Å². The smallest absolute Gasteiger partial charge is 0.226 e. The predicted molar refractivity (Wildman–Crippen MR) is 80.7 cm³/mol. The highest BCUT2D eigenvalue weighted by Crippen LogP contribution is 2.30. The number of amides is 1. The lowest BCUT2D eigenvalue weighted by molar-refractivity contribution is -0.131. The molecule has 1 aromatic carbocycles. The predicted octanol–water partition coefficient (Wildman–Crippen LogP) is 2.81. The quantitative estimate of drug-likeness (QED) is 0.845. The molecule has 110 valence electrons. The Hall–Kier alpha value is -1.35. The van der Waals surface area contributed by atoms with Gasteiger partial charge in [-0.15, -0.1) is 0 Å². The van der Waals surface area contributed by atoms with Gasteiger partial charge >= 0.3 is 0 Å². The Morgan fingerprint density at radius 3 is 2.70 bits per heavy atom. The normalized spacial score (nSPS) is 17.8. The van der Waals surface area contributed by atoms with E-state index in [0.717, 1.165) is 38.2 Å². The van der Waals surface area contributed by atoms with Gasteiger partial charge in [0.1, 0.15) is 0 Å². The second-order valence-electron chi connectivity index (χ2n) is 6.34. The Balaban J connectivity index is 1.91. The van der Waals surface area contributed by atoms with Gasteiger partial charge in [-0.2, -0.15) is 0 Å². The number of rotatable bonds is 4. The third-order valence-electron chi connectivity index (χ3n) is 4.18. The number of hydrogen-bond donors (Lipinski definition) is 0. The van der Waals surface area contributed by atoms with E-state index in [-0.39, 0.29) is 11.3 Å². The largest absolute Gasteiger partial charge is 0.381 e. The molecule has 0 bridgehead atoms. The Morgan fingerprint density at radius 2 is 2.05 bits per heavy atom. The van der Waals surface area contributed by atoms with Crippen LogP contribution in [0.2, 0.25) is 0 Å². The van der Waals surface area contributed by atoms with Crippen molar-refractivity contribution >= 4 is 5.91 Å². The van der Waals surface area contributed by atoms with E-state index in [1.54, 1.807) is 0 Å². The number of ether oxygens (including phenoxy) is 1. The third kappa shape index (κ3) is 4.07. The minimum atomic E-state index is 0.198.